The van der Waals surface area contributed by atoms with Crippen molar-refractivity contribution in [1.82, 2.24) is 0 Å². The molecule has 0 radical (unpaired) electrons. The fraction of sp³-hybridized carbons (Fsp3) is 0.0833. The summed E-state index contributed by atoms with van der Waals surface area (Å²) in [6, 6.07) is 4.50. The Morgan fingerprint density at radius 1 is 1.50 bits per heavy atom. The Morgan fingerprint density at radius 2 is 2.25 bits per heavy atom. The number of ether oxygens (including phenoxy) is 1. The van der Waals surface area contributed by atoms with Crippen molar-refractivity contribution in [1.29, 1.82) is 0 Å². The molecule has 0 atom stereocenters. The molecule has 0 saturated carbocycles. The largest absolute Gasteiger partial charge is 0.478 e. The van der Waals surface area contributed by atoms with E-state index in [4.69, 9.17) is 14.3 Å². The van der Waals surface area contributed by atoms with Gasteiger partial charge in [-0.15, -0.1) is 0 Å². The van der Waals surface area contributed by atoms with Gasteiger partial charge in [0.1, 0.15) is 18.6 Å². The highest BCUT2D eigenvalue weighted by Crippen LogP contribution is 2.30. The Kier molecular flexibility index (Phi) is 3.65. The number of carboxylic acids is 1. The number of nitro benzene ring substituents is 1. The lowest BCUT2D eigenvalue weighted by Crippen LogP contribution is -2.00. The summed E-state index contributed by atoms with van der Waals surface area (Å²) < 4.78 is 23.4. The average molecular weight is 281 g/mol. The first-order chi connectivity index (χ1) is 9.49. The van der Waals surface area contributed by atoms with Gasteiger partial charge in [-0.25, -0.2) is 9.18 Å². The third-order valence-corrected chi connectivity index (χ3v) is 2.40. The molecule has 20 heavy (non-hydrogen) atoms. The molecular weight excluding hydrogens is 273 g/mol. The molecule has 104 valence electrons. The third-order valence-electron chi connectivity index (χ3n) is 2.40. The zero-order chi connectivity index (χ0) is 14.7. The number of hydrogen-bond acceptors (Lipinski definition) is 5. The van der Waals surface area contributed by atoms with Crippen molar-refractivity contribution in [2.75, 3.05) is 0 Å². The van der Waals surface area contributed by atoms with Gasteiger partial charge in [0.25, 0.3) is 0 Å². The summed E-state index contributed by atoms with van der Waals surface area (Å²) in [5.41, 5.74) is -0.610. The van der Waals surface area contributed by atoms with Crippen LogP contribution in [0.3, 0.4) is 0 Å². The van der Waals surface area contributed by atoms with Gasteiger partial charge in [-0.05, 0) is 12.1 Å². The highest BCUT2D eigenvalue weighted by atomic mass is 19.1. The second-order valence-electron chi connectivity index (χ2n) is 3.74. The fourth-order valence-electron chi connectivity index (χ4n) is 1.50. The van der Waals surface area contributed by atoms with E-state index in [1.807, 2.05) is 0 Å². The zero-order valence-electron chi connectivity index (χ0n) is 9.91. The van der Waals surface area contributed by atoms with Crippen LogP contribution < -0.4 is 4.74 Å². The number of nitro groups is 1. The summed E-state index contributed by atoms with van der Waals surface area (Å²) in [5, 5.41) is 19.4. The quantitative estimate of drug-likeness (QED) is 0.667. The Bertz CT molecular complexity index is 666. The number of benzene rings is 1. The predicted octanol–water partition coefficient (Wildman–Crippen LogP) is 2.60. The summed E-state index contributed by atoms with van der Waals surface area (Å²) in [5.74, 6) is -2.48. The Hall–Kier alpha value is -2.90. The molecule has 8 heteroatoms. The van der Waals surface area contributed by atoms with Gasteiger partial charge in [0, 0.05) is 6.07 Å². The maximum atomic E-state index is 13.5. The van der Waals surface area contributed by atoms with Crippen LogP contribution in [0.15, 0.2) is 34.9 Å². The van der Waals surface area contributed by atoms with Crippen molar-refractivity contribution in [2.24, 2.45) is 0 Å². The van der Waals surface area contributed by atoms with E-state index >= 15 is 0 Å². The molecule has 1 N–H and O–H groups in total. The lowest BCUT2D eigenvalue weighted by atomic mass is 10.3. The molecule has 0 unspecified atom stereocenters. The van der Waals surface area contributed by atoms with Gasteiger partial charge < -0.3 is 14.3 Å². The Balaban J connectivity index is 2.18. The molecular formula is C12H8FNO6. The van der Waals surface area contributed by atoms with Gasteiger partial charge >= 0.3 is 11.7 Å². The number of rotatable bonds is 5. The zero-order valence-corrected chi connectivity index (χ0v) is 9.91. The van der Waals surface area contributed by atoms with Gasteiger partial charge in [-0.2, -0.15) is 0 Å². The number of hydrogen-bond donors (Lipinski definition) is 1. The highest BCUT2D eigenvalue weighted by molar-refractivity contribution is 5.87. The van der Waals surface area contributed by atoms with Crippen LogP contribution in [0, 0.1) is 15.9 Å². The average Bonchev–Trinajstić information content (AvgIpc) is 2.86. The van der Waals surface area contributed by atoms with Crippen molar-refractivity contribution >= 4 is 11.7 Å². The van der Waals surface area contributed by atoms with Crippen molar-refractivity contribution in [2.45, 2.75) is 6.61 Å². The van der Waals surface area contributed by atoms with E-state index in [1.54, 1.807) is 0 Å². The fourth-order valence-corrected chi connectivity index (χ4v) is 1.50. The Labute approximate surface area is 111 Å². The van der Waals surface area contributed by atoms with Crippen molar-refractivity contribution < 1.29 is 28.4 Å². The standard InChI is InChI=1S/C12H8FNO6/c13-9-2-1-3-10(14(17)18)11(9)20-6-8-4-7(5-19-8)12(15)16/h1-5H,6H2,(H,15,16). The summed E-state index contributed by atoms with van der Waals surface area (Å²) >= 11 is 0. The van der Waals surface area contributed by atoms with Crippen LogP contribution in [-0.4, -0.2) is 16.0 Å². The second-order valence-corrected chi connectivity index (χ2v) is 3.74. The van der Waals surface area contributed by atoms with Gasteiger partial charge in [-0.1, -0.05) is 6.07 Å². The molecule has 2 aromatic rings. The smallest absolute Gasteiger partial charge is 0.338 e. The lowest BCUT2D eigenvalue weighted by molar-refractivity contribution is -0.386. The van der Waals surface area contributed by atoms with Crippen LogP contribution in [0.5, 0.6) is 5.75 Å². The number of aromatic carboxylic acids is 1. The van der Waals surface area contributed by atoms with Crippen LogP contribution in [0.25, 0.3) is 0 Å². The van der Waals surface area contributed by atoms with Gasteiger partial charge in [0.2, 0.25) is 5.75 Å². The van der Waals surface area contributed by atoms with Gasteiger partial charge in [0.05, 0.1) is 10.5 Å². The van der Waals surface area contributed by atoms with E-state index in [0.29, 0.717) is 0 Å². The van der Waals surface area contributed by atoms with Crippen LogP contribution in [0.2, 0.25) is 0 Å². The maximum Gasteiger partial charge on any atom is 0.338 e. The van der Waals surface area contributed by atoms with Gasteiger partial charge in [-0.3, -0.25) is 10.1 Å². The number of para-hydroxylation sites is 1. The molecule has 0 aliphatic rings. The van der Waals surface area contributed by atoms with E-state index in [0.717, 1.165) is 18.4 Å². The molecule has 1 aromatic heterocycles. The first-order valence-corrected chi connectivity index (χ1v) is 5.35. The van der Waals surface area contributed by atoms with E-state index < -0.39 is 28.1 Å². The van der Waals surface area contributed by atoms with Crippen LogP contribution in [0.1, 0.15) is 16.1 Å². The molecule has 7 nitrogen and oxygen atoms in total. The van der Waals surface area contributed by atoms with Crippen LogP contribution in [-0.2, 0) is 6.61 Å². The second kappa shape index (κ2) is 5.39. The Morgan fingerprint density at radius 3 is 2.85 bits per heavy atom. The maximum absolute atomic E-state index is 13.5. The van der Waals surface area contributed by atoms with E-state index in [1.165, 1.54) is 12.1 Å². The number of nitrogens with zero attached hydrogens (tertiary/aromatic N) is 1. The van der Waals surface area contributed by atoms with E-state index in [2.05, 4.69) is 0 Å². The van der Waals surface area contributed by atoms with E-state index in [9.17, 15) is 19.3 Å². The normalized spacial score (nSPS) is 10.2. The van der Waals surface area contributed by atoms with Crippen LogP contribution in [0.4, 0.5) is 10.1 Å². The first-order valence-electron chi connectivity index (χ1n) is 5.35. The molecule has 0 bridgehead atoms. The topological polar surface area (TPSA) is 103 Å². The minimum Gasteiger partial charge on any atom is -0.478 e. The molecule has 0 amide bonds. The summed E-state index contributed by atoms with van der Waals surface area (Å²) in [7, 11) is 0. The van der Waals surface area contributed by atoms with Crippen molar-refractivity contribution in [3.8, 4) is 5.75 Å². The van der Waals surface area contributed by atoms with Crippen molar-refractivity contribution in [3.05, 3.63) is 57.8 Å². The molecule has 0 aliphatic heterocycles. The van der Waals surface area contributed by atoms with Gasteiger partial charge in [0.15, 0.2) is 5.82 Å². The molecule has 0 saturated heterocycles. The molecule has 1 heterocycles. The minimum absolute atomic E-state index is 0.0911. The van der Waals surface area contributed by atoms with E-state index in [-0.39, 0.29) is 17.9 Å². The van der Waals surface area contributed by atoms with Crippen molar-refractivity contribution in [3.63, 3.8) is 0 Å². The number of carbonyl (C=O) groups is 1. The molecule has 0 aliphatic carbocycles. The summed E-state index contributed by atoms with van der Waals surface area (Å²) in [4.78, 5) is 20.6. The lowest BCUT2D eigenvalue weighted by Gasteiger charge is -2.05. The SMILES string of the molecule is O=C(O)c1coc(COc2c(F)cccc2[N+](=O)[O-])c1. The molecule has 0 fully saturated rings. The molecule has 0 spiro atoms. The number of furan rings is 1. The van der Waals surface area contributed by atoms with Crippen LogP contribution >= 0.6 is 0 Å². The highest BCUT2D eigenvalue weighted by Gasteiger charge is 2.20. The summed E-state index contributed by atoms with van der Waals surface area (Å²) in [6.07, 6.45) is 0.997. The molecule has 2 rings (SSSR count). The predicted molar refractivity (Wildman–Crippen MR) is 63.1 cm³/mol. The monoisotopic (exact) mass is 281 g/mol. The summed E-state index contributed by atoms with van der Waals surface area (Å²) in [6.45, 7) is -0.324. The minimum atomic E-state index is -1.18. The third kappa shape index (κ3) is 2.74. The number of carboxylic acid groups (broad SMARTS) is 1. The molecule has 1 aromatic carbocycles. The first kappa shape index (κ1) is 13.5. The number of halogens is 1.